The van der Waals surface area contributed by atoms with Crippen LogP contribution in [0.2, 0.25) is 5.02 Å². The fourth-order valence-electron chi connectivity index (χ4n) is 2.97. The first-order valence-electron chi connectivity index (χ1n) is 9.66. The maximum Gasteiger partial charge on any atom is 0.338 e. The average Bonchev–Trinajstić information content (AvgIpc) is 2.80. The number of carbonyl (C=O) groups is 2. The summed E-state index contributed by atoms with van der Waals surface area (Å²) in [6.45, 7) is 1.92. The number of halogens is 1. The molecule has 0 aromatic heterocycles. The van der Waals surface area contributed by atoms with Gasteiger partial charge in [-0.25, -0.2) is 13.2 Å². The summed E-state index contributed by atoms with van der Waals surface area (Å²) in [4.78, 5) is 25.0. The summed E-state index contributed by atoms with van der Waals surface area (Å²) in [6.07, 6.45) is 0. The zero-order valence-corrected chi connectivity index (χ0v) is 19.0. The molecule has 0 spiro atoms. The van der Waals surface area contributed by atoms with Crippen molar-refractivity contribution >= 4 is 44.9 Å². The van der Waals surface area contributed by atoms with Crippen molar-refractivity contribution in [2.24, 2.45) is 0 Å². The van der Waals surface area contributed by atoms with E-state index in [1.54, 1.807) is 43.3 Å². The third kappa shape index (κ3) is 4.92. The molecule has 0 saturated carbocycles. The number of ether oxygens (including phenoxy) is 1. The van der Waals surface area contributed by atoms with Gasteiger partial charge < -0.3 is 10.1 Å². The van der Waals surface area contributed by atoms with Crippen LogP contribution in [0.25, 0.3) is 0 Å². The van der Waals surface area contributed by atoms with E-state index >= 15 is 0 Å². The van der Waals surface area contributed by atoms with Crippen molar-refractivity contribution < 1.29 is 22.7 Å². The van der Waals surface area contributed by atoms with E-state index in [1.807, 2.05) is 0 Å². The lowest BCUT2D eigenvalue weighted by Crippen LogP contribution is -2.29. The zero-order valence-electron chi connectivity index (χ0n) is 17.4. The van der Waals surface area contributed by atoms with Gasteiger partial charge in [-0.2, -0.15) is 0 Å². The topological polar surface area (TPSA) is 92.8 Å². The van der Waals surface area contributed by atoms with Crippen molar-refractivity contribution in [2.45, 2.75) is 11.8 Å². The van der Waals surface area contributed by atoms with Gasteiger partial charge in [0.25, 0.3) is 15.9 Å². The van der Waals surface area contributed by atoms with Crippen LogP contribution in [0.1, 0.15) is 27.6 Å². The molecule has 0 saturated heterocycles. The molecule has 0 heterocycles. The molecule has 0 fully saturated rings. The van der Waals surface area contributed by atoms with E-state index in [9.17, 15) is 18.0 Å². The van der Waals surface area contributed by atoms with Gasteiger partial charge in [-0.15, -0.1) is 0 Å². The Bertz CT molecular complexity index is 1250. The molecule has 32 heavy (non-hydrogen) atoms. The third-order valence-electron chi connectivity index (χ3n) is 4.62. The van der Waals surface area contributed by atoms with Crippen molar-refractivity contribution in [1.82, 2.24) is 0 Å². The molecular formula is C23H21ClN2O5S. The van der Waals surface area contributed by atoms with Gasteiger partial charge in [0.05, 0.1) is 39.0 Å². The third-order valence-corrected chi connectivity index (χ3v) is 6.72. The first-order valence-corrected chi connectivity index (χ1v) is 11.5. The Kier molecular flexibility index (Phi) is 7.17. The molecule has 0 bridgehead atoms. The maximum absolute atomic E-state index is 13.0. The molecule has 0 aliphatic heterocycles. The molecule has 0 aliphatic carbocycles. The highest BCUT2D eigenvalue weighted by atomic mass is 35.5. The van der Waals surface area contributed by atoms with Crippen LogP contribution in [-0.2, 0) is 14.8 Å². The average molecular weight is 473 g/mol. The summed E-state index contributed by atoms with van der Waals surface area (Å²) < 4.78 is 32.0. The highest BCUT2D eigenvalue weighted by Crippen LogP contribution is 2.28. The van der Waals surface area contributed by atoms with Crippen molar-refractivity contribution in [1.29, 1.82) is 0 Å². The normalized spacial score (nSPS) is 11.0. The van der Waals surface area contributed by atoms with Gasteiger partial charge in [0.2, 0.25) is 0 Å². The minimum Gasteiger partial charge on any atom is -0.462 e. The smallest absolute Gasteiger partial charge is 0.338 e. The summed E-state index contributed by atoms with van der Waals surface area (Å²) in [5, 5.41) is 2.81. The van der Waals surface area contributed by atoms with Gasteiger partial charge >= 0.3 is 5.97 Å². The van der Waals surface area contributed by atoms with Crippen LogP contribution >= 0.6 is 11.6 Å². The lowest BCUT2D eigenvalue weighted by Gasteiger charge is -2.22. The van der Waals surface area contributed by atoms with E-state index in [1.165, 1.54) is 43.4 Å². The first-order chi connectivity index (χ1) is 15.3. The highest BCUT2D eigenvalue weighted by Gasteiger charge is 2.25. The molecule has 0 aliphatic rings. The number of rotatable bonds is 7. The number of anilines is 2. The SMILES string of the molecule is CCOC(=O)c1ccc(NC(=O)c2ccccc2N(C)S(=O)(=O)c2ccccc2)c(Cl)c1. The second-order valence-electron chi connectivity index (χ2n) is 6.67. The minimum atomic E-state index is -3.87. The Morgan fingerprint density at radius 2 is 1.66 bits per heavy atom. The molecule has 7 nitrogen and oxygen atoms in total. The van der Waals surface area contributed by atoms with E-state index in [0.29, 0.717) is 0 Å². The van der Waals surface area contributed by atoms with Crippen LogP contribution in [-0.4, -0.2) is 33.9 Å². The predicted octanol–water partition coefficient (Wildman–Crippen LogP) is 4.59. The number of nitrogens with one attached hydrogen (secondary N) is 1. The van der Waals surface area contributed by atoms with Gasteiger partial charge in [-0.05, 0) is 49.4 Å². The standard InChI is InChI=1S/C23H21ClN2O5S/c1-3-31-23(28)16-13-14-20(19(24)15-16)25-22(27)18-11-7-8-12-21(18)26(2)32(29,30)17-9-5-4-6-10-17/h4-15H,3H2,1-2H3,(H,25,27). The predicted molar refractivity (Wildman–Crippen MR) is 124 cm³/mol. The van der Waals surface area contributed by atoms with Crippen LogP contribution in [0.5, 0.6) is 0 Å². The molecule has 3 rings (SSSR count). The van der Waals surface area contributed by atoms with Gasteiger partial charge in [-0.1, -0.05) is 41.9 Å². The summed E-state index contributed by atoms with van der Waals surface area (Å²) in [5.74, 6) is -1.08. The monoisotopic (exact) mass is 472 g/mol. The first kappa shape index (κ1) is 23.3. The van der Waals surface area contributed by atoms with Crippen LogP contribution in [0.3, 0.4) is 0 Å². The second kappa shape index (κ2) is 9.84. The Morgan fingerprint density at radius 3 is 2.31 bits per heavy atom. The number of amides is 1. The summed E-state index contributed by atoms with van der Waals surface area (Å²) in [6, 6.07) is 18.6. The van der Waals surface area contributed by atoms with Crippen LogP contribution in [0.15, 0.2) is 77.7 Å². The fourth-order valence-corrected chi connectivity index (χ4v) is 4.43. The van der Waals surface area contributed by atoms with Crippen molar-refractivity contribution in [2.75, 3.05) is 23.3 Å². The molecule has 9 heteroatoms. The van der Waals surface area contributed by atoms with Gasteiger partial charge in [0.15, 0.2) is 0 Å². The molecule has 3 aromatic rings. The van der Waals surface area contributed by atoms with Crippen LogP contribution in [0.4, 0.5) is 11.4 Å². The quantitative estimate of drug-likeness (QED) is 0.507. The van der Waals surface area contributed by atoms with Crippen LogP contribution in [0, 0.1) is 0 Å². The number of hydrogen-bond acceptors (Lipinski definition) is 5. The van der Waals surface area contributed by atoms with E-state index in [-0.39, 0.29) is 39.0 Å². The van der Waals surface area contributed by atoms with E-state index in [0.717, 1.165) is 4.31 Å². The van der Waals surface area contributed by atoms with Gasteiger partial charge in [-0.3, -0.25) is 9.10 Å². The zero-order chi connectivity index (χ0) is 23.3. The van der Waals surface area contributed by atoms with Gasteiger partial charge in [0, 0.05) is 7.05 Å². The number of carbonyl (C=O) groups excluding carboxylic acids is 2. The fraction of sp³-hybridized carbons (Fsp3) is 0.130. The Balaban J connectivity index is 1.89. The molecule has 0 radical (unpaired) electrons. The van der Waals surface area contributed by atoms with E-state index < -0.39 is 21.9 Å². The summed E-state index contributed by atoms with van der Waals surface area (Å²) >= 11 is 6.23. The molecule has 1 N–H and O–H groups in total. The highest BCUT2D eigenvalue weighted by molar-refractivity contribution is 7.92. The summed E-state index contributed by atoms with van der Waals surface area (Å²) in [5.41, 5.74) is 0.866. The summed E-state index contributed by atoms with van der Waals surface area (Å²) in [7, 11) is -2.49. The van der Waals surface area contributed by atoms with Gasteiger partial charge in [0.1, 0.15) is 0 Å². The van der Waals surface area contributed by atoms with Crippen molar-refractivity contribution in [3.05, 3.63) is 88.9 Å². The molecule has 0 atom stereocenters. The lowest BCUT2D eigenvalue weighted by atomic mass is 10.1. The van der Waals surface area contributed by atoms with Crippen molar-refractivity contribution in [3.63, 3.8) is 0 Å². The Morgan fingerprint density at radius 1 is 1.00 bits per heavy atom. The van der Waals surface area contributed by atoms with E-state index in [2.05, 4.69) is 5.32 Å². The number of para-hydroxylation sites is 1. The molecule has 1 amide bonds. The molecule has 166 valence electrons. The molecular weight excluding hydrogens is 452 g/mol. The minimum absolute atomic E-state index is 0.107. The second-order valence-corrected chi connectivity index (χ2v) is 9.05. The number of esters is 1. The van der Waals surface area contributed by atoms with Crippen LogP contribution < -0.4 is 9.62 Å². The van der Waals surface area contributed by atoms with E-state index in [4.69, 9.17) is 16.3 Å². The number of benzene rings is 3. The Hall–Kier alpha value is -3.36. The Labute approximate surface area is 191 Å². The molecule has 0 unspecified atom stereocenters. The lowest BCUT2D eigenvalue weighted by molar-refractivity contribution is 0.0526. The number of nitrogens with zero attached hydrogens (tertiary/aromatic N) is 1. The number of sulfonamides is 1. The van der Waals surface area contributed by atoms with Crippen molar-refractivity contribution in [3.8, 4) is 0 Å². The molecule has 3 aromatic carbocycles. The largest absolute Gasteiger partial charge is 0.462 e. The number of hydrogen-bond donors (Lipinski definition) is 1. The maximum atomic E-state index is 13.0.